The van der Waals surface area contributed by atoms with Crippen LogP contribution in [0.4, 0.5) is 17.6 Å². The van der Waals surface area contributed by atoms with Crippen LogP contribution in [-0.2, 0) is 12.0 Å². The molecule has 1 atom stereocenters. The summed E-state index contributed by atoms with van der Waals surface area (Å²) in [5, 5.41) is 11.3. The van der Waals surface area contributed by atoms with Crippen molar-refractivity contribution in [1.29, 1.82) is 0 Å². The third kappa shape index (κ3) is 4.35. The lowest BCUT2D eigenvalue weighted by atomic mass is 9.73. The predicted octanol–water partition coefficient (Wildman–Crippen LogP) is 5.46. The average molecular weight is 474 g/mol. The van der Waals surface area contributed by atoms with Gasteiger partial charge >= 0.3 is 6.18 Å². The van der Waals surface area contributed by atoms with Gasteiger partial charge in [0.1, 0.15) is 5.82 Å². The lowest BCUT2D eigenvalue weighted by Crippen LogP contribution is -2.52. The molecule has 0 spiro atoms. The molecule has 1 N–H and O–H groups in total. The van der Waals surface area contributed by atoms with Crippen LogP contribution >= 0.6 is 0 Å². The quantitative estimate of drug-likeness (QED) is 0.377. The van der Waals surface area contributed by atoms with Gasteiger partial charge in [-0.15, -0.1) is 0 Å². The van der Waals surface area contributed by atoms with Crippen LogP contribution in [0.1, 0.15) is 25.8 Å². The van der Waals surface area contributed by atoms with E-state index in [-0.39, 0.29) is 27.7 Å². The molecule has 2 aromatic carbocycles. The van der Waals surface area contributed by atoms with Crippen molar-refractivity contribution in [2.75, 3.05) is 0 Å². The highest BCUT2D eigenvalue weighted by molar-refractivity contribution is 5.78. The smallest absolute Gasteiger partial charge is 0.418 e. The van der Waals surface area contributed by atoms with Crippen LogP contribution in [0, 0.1) is 5.82 Å². The molecule has 34 heavy (non-hydrogen) atoms. The molecule has 0 fully saturated rings. The van der Waals surface area contributed by atoms with Crippen molar-refractivity contribution < 1.29 is 27.1 Å². The van der Waals surface area contributed by atoms with Gasteiger partial charge in [-0.2, -0.15) is 13.2 Å². The van der Waals surface area contributed by atoms with Crippen LogP contribution in [0.3, 0.4) is 0 Å². The number of nitrogens with zero attached hydrogens (tertiary/aromatic N) is 2. The summed E-state index contributed by atoms with van der Waals surface area (Å²) in [5.41, 5.74) is -4.00. The second kappa shape index (κ2) is 8.39. The summed E-state index contributed by atoms with van der Waals surface area (Å²) in [6, 6.07) is 11.2. The van der Waals surface area contributed by atoms with E-state index in [4.69, 9.17) is 4.42 Å². The first-order valence-electron chi connectivity index (χ1n) is 10.5. The van der Waals surface area contributed by atoms with Crippen molar-refractivity contribution in [2.24, 2.45) is 0 Å². The van der Waals surface area contributed by atoms with Crippen LogP contribution in [0.5, 0.6) is 0 Å². The van der Waals surface area contributed by atoms with Crippen molar-refractivity contribution in [1.82, 2.24) is 9.55 Å². The Morgan fingerprint density at radius 3 is 2.50 bits per heavy atom. The fourth-order valence-corrected chi connectivity index (χ4v) is 4.39. The van der Waals surface area contributed by atoms with E-state index in [0.717, 1.165) is 6.07 Å². The summed E-state index contributed by atoms with van der Waals surface area (Å²) in [4.78, 5) is 16.0. The Kier molecular flexibility index (Phi) is 5.85. The fourth-order valence-electron chi connectivity index (χ4n) is 4.39. The third-order valence-corrected chi connectivity index (χ3v) is 5.99. The van der Waals surface area contributed by atoms with E-state index < -0.39 is 36.0 Å². The first-order valence-corrected chi connectivity index (χ1v) is 10.5. The molecule has 2 heterocycles. The monoisotopic (exact) mass is 474 g/mol. The number of fused-ring (bicyclic) bond motifs is 1. The van der Waals surface area contributed by atoms with Crippen LogP contribution in [0.2, 0.25) is 0 Å². The number of hydrogen-bond acceptors (Lipinski definition) is 4. The highest BCUT2D eigenvalue weighted by Crippen LogP contribution is 2.44. The van der Waals surface area contributed by atoms with Crippen LogP contribution in [0.25, 0.3) is 22.2 Å². The molecule has 0 aliphatic rings. The molecule has 4 aromatic rings. The van der Waals surface area contributed by atoms with Gasteiger partial charge in [-0.25, -0.2) is 9.37 Å². The number of alkyl halides is 3. The maximum Gasteiger partial charge on any atom is 0.418 e. The largest absolute Gasteiger partial charge is 0.444 e. The number of aromatic nitrogens is 2. The Labute approximate surface area is 192 Å². The molecular weight excluding hydrogens is 452 g/mol. The second-order valence-electron chi connectivity index (χ2n) is 8.97. The number of pyridine rings is 1. The van der Waals surface area contributed by atoms with Gasteiger partial charge in [0.15, 0.2) is 23.2 Å². The van der Waals surface area contributed by atoms with Gasteiger partial charge < -0.3 is 14.1 Å². The van der Waals surface area contributed by atoms with Crippen molar-refractivity contribution >= 4 is 10.9 Å². The van der Waals surface area contributed by atoms with Gasteiger partial charge in [0.2, 0.25) is 0 Å². The number of oxazole rings is 1. The number of para-hydroxylation sites is 1. The minimum absolute atomic E-state index is 0.233. The molecule has 0 aliphatic carbocycles. The topological polar surface area (TPSA) is 68.3 Å². The summed E-state index contributed by atoms with van der Waals surface area (Å²) in [6.07, 6.45) is -2.02. The SMILES string of the molecule is CC(C)(CC(O)(Cn1ccc(=O)c2ccccc21)C(F)(F)F)c1cc(F)ccc1-c1cnco1. The van der Waals surface area contributed by atoms with Gasteiger partial charge in [-0.05, 0) is 47.7 Å². The normalized spacial score (nSPS) is 14.3. The molecule has 2 aromatic heterocycles. The lowest BCUT2D eigenvalue weighted by Gasteiger charge is -2.39. The number of hydrogen-bond donors (Lipinski definition) is 1. The summed E-state index contributed by atoms with van der Waals surface area (Å²) in [6.45, 7) is 2.15. The Balaban J connectivity index is 1.79. The molecule has 0 saturated heterocycles. The number of halogens is 4. The Morgan fingerprint density at radius 1 is 1.09 bits per heavy atom. The number of aliphatic hydroxyl groups is 1. The van der Waals surface area contributed by atoms with E-state index in [1.807, 2.05) is 0 Å². The minimum atomic E-state index is -5.02. The summed E-state index contributed by atoms with van der Waals surface area (Å²) < 4.78 is 63.7. The lowest BCUT2D eigenvalue weighted by molar-refractivity contribution is -0.271. The Morgan fingerprint density at radius 2 is 1.82 bits per heavy atom. The highest BCUT2D eigenvalue weighted by atomic mass is 19.4. The first-order chi connectivity index (χ1) is 15.9. The van der Waals surface area contributed by atoms with Crippen molar-refractivity contribution in [3.05, 3.63) is 88.9 Å². The van der Waals surface area contributed by atoms with Crippen LogP contribution in [0.15, 0.2) is 76.5 Å². The molecule has 0 saturated carbocycles. The summed E-state index contributed by atoms with van der Waals surface area (Å²) >= 11 is 0. The summed E-state index contributed by atoms with van der Waals surface area (Å²) in [5.74, 6) is -0.363. The molecule has 178 valence electrons. The van der Waals surface area contributed by atoms with E-state index in [9.17, 15) is 27.5 Å². The zero-order chi connectivity index (χ0) is 24.7. The van der Waals surface area contributed by atoms with Crippen molar-refractivity contribution in [2.45, 2.75) is 44.0 Å². The fraction of sp³-hybridized carbons (Fsp3) is 0.280. The molecular formula is C25H22F4N2O3. The number of rotatable bonds is 6. The third-order valence-electron chi connectivity index (χ3n) is 5.99. The van der Waals surface area contributed by atoms with Crippen LogP contribution < -0.4 is 5.43 Å². The zero-order valence-electron chi connectivity index (χ0n) is 18.4. The van der Waals surface area contributed by atoms with Gasteiger partial charge in [0.05, 0.1) is 18.3 Å². The second-order valence-corrected chi connectivity index (χ2v) is 8.97. The Hall–Kier alpha value is -3.46. The van der Waals surface area contributed by atoms with Crippen molar-refractivity contribution in [3.8, 4) is 11.3 Å². The molecule has 0 bridgehead atoms. The van der Waals surface area contributed by atoms with Gasteiger partial charge in [-0.1, -0.05) is 26.0 Å². The van der Waals surface area contributed by atoms with Crippen molar-refractivity contribution in [3.63, 3.8) is 0 Å². The highest BCUT2D eigenvalue weighted by Gasteiger charge is 2.56. The molecule has 9 heteroatoms. The molecule has 1 unspecified atom stereocenters. The van der Waals surface area contributed by atoms with Gasteiger partial charge in [-0.3, -0.25) is 4.79 Å². The molecule has 4 rings (SSSR count). The standard InChI is InChI=1S/C25H22F4N2O3/c1-23(2,19-11-16(26)7-8-17(19)22-12-30-15-34-22)13-24(33,25(27,28)29)14-31-10-9-21(32)18-5-3-4-6-20(18)31/h3-12,15,33H,13-14H2,1-2H3. The maximum atomic E-state index is 14.3. The van der Waals surface area contributed by atoms with E-state index in [0.29, 0.717) is 5.56 Å². The Bertz CT molecular complexity index is 1380. The first kappa shape index (κ1) is 23.7. The summed E-state index contributed by atoms with van der Waals surface area (Å²) in [7, 11) is 0. The molecule has 5 nitrogen and oxygen atoms in total. The maximum absolute atomic E-state index is 14.3. The number of benzene rings is 2. The van der Waals surface area contributed by atoms with Gasteiger partial charge in [0, 0.05) is 23.2 Å². The minimum Gasteiger partial charge on any atom is -0.444 e. The molecule has 0 amide bonds. The van der Waals surface area contributed by atoms with E-state index >= 15 is 0 Å². The van der Waals surface area contributed by atoms with Crippen LogP contribution in [-0.4, -0.2) is 26.4 Å². The zero-order valence-corrected chi connectivity index (χ0v) is 18.4. The van der Waals surface area contributed by atoms with E-state index in [1.54, 1.807) is 12.1 Å². The predicted molar refractivity (Wildman–Crippen MR) is 119 cm³/mol. The molecule has 0 aliphatic heterocycles. The van der Waals surface area contributed by atoms with Gasteiger partial charge in [0.25, 0.3) is 0 Å². The van der Waals surface area contributed by atoms with E-state index in [2.05, 4.69) is 4.98 Å². The average Bonchev–Trinajstić information content (AvgIpc) is 3.29. The molecule has 0 radical (unpaired) electrons. The van der Waals surface area contributed by atoms with E-state index in [1.165, 1.54) is 67.5 Å².